The first-order chi connectivity index (χ1) is 17.8. The number of aromatic hydroxyl groups is 6. The molecule has 0 aromatic heterocycles. The second-order valence-electron chi connectivity index (χ2n) is 8.75. The zero-order chi connectivity index (χ0) is 28.0. The van der Waals surface area contributed by atoms with Crippen LogP contribution in [0.15, 0.2) is 54.6 Å². The summed E-state index contributed by atoms with van der Waals surface area (Å²) >= 11 is 0. The van der Waals surface area contributed by atoms with E-state index in [9.17, 15) is 45.0 Å². The molecule has 0 spiro atoms. The van der Waals surface area contributed by atoms with Gasteiger partial charge in [0.25, 0.3) is 0 Å². The summed E-state index contributed by atoms with van der Waals surface area (Å²) in [5, 5.41) is 57.6. The lowest BCUT2D eigenvalue weighted by Gasteiger charge is -2.28. The Kier molecular flexibility index (Phi) is 8.16. The van der Waals surface area contributed by atoms with E-state index in [2.05, 4.69) is 0 Å². The molecule has 3 aromatic rings. The number of rotatable bonds is 9. The van der Waals surface area contributed by atoms with Gasteiger partial charge >= 0.3 is 17.9 Å². The van der Waals surface area contributed by atoms with Gasteiger partial charge in [-0.2, -0.15) is 0 Å². The molecule has 3 aromatic carbocycles. The standard InChI is InChI=1S/C26H24O12/c1-26(11-36-23(33)14-2-17(27)8-18(28)3-14,12-37-24(34)15-4-19(29)9-20(30)5-15)13-38-25(35)16-6-21(31)10-22(32)7-16/h2-10,27-32H,11-13H2,1H3. The fourth-order valence-corrected chi connectivity index (χ4v) is 3.23. The lowest BCUT2D eigenvalue weighted by molar-refractivity contribution is -0.0288. The molecule has 0 radical (unpaired) electrons. The Balaban J connectivity index is 1.75. The maximum atomic E-state index is 12.5. The van der Waals surface area contributed by atoms with Crippen molar-refractivity contribution < 1.29 is 59.2 Å². The van der Waals surface area contributed by atoms with E-state index in [1.54, 1.807) is 0 Å². The quantitative estimate of drug-likeness (QED) is 0.175. The van der Waals surface area contributed by atoms with Crippen molar-refractivity contribution in [1.29, 1.82) is 0 Å². The Morgan fingerprint density at radius 3 is 0.921 bits per heavy atom. The monoisotopic (exact) mass is 528 g/mol. The molecule has 0 unspecified atom stereocenters. The Labute approximate surface area is 215 Å². The normalized spacial score (nSPS) is 11.0. The van der Waals surface area contributed by atoms with Crippen molar-refractivity contribution in [3.8, 4) is 34.5 Å². The third-order valence-corrected chi connectivity index (χ3v) is 5.07. The van der Waals surface area contributed by atoms with Gasteiger partial charge in [-0.15, -0.1) is 0 Å². The second-order valence-corrected chi connectivity index (χ2v) is 8.75. The summed E-state index contributed by atoms with van der Waals surface area (Å²) in [6.07, 6.45) is 0. The van der Waals surface area contributed by atoms with Crippen LogP contribution in [0.5, 0.6) is 34.5 Å². The van der Waals surface area contributed by atoms with E-state index >= 15 is 0 Å². The average molecular weight is 528 g/mol. The Bertz CT molecular complexity index is 1140. The molecular formula is C26H24O12. The van der Waals surface area contributed by atoms with Crippen molar-refractivity contribution in [3.63, 3.8) is 0 Å². The number of ether oxygens (including phenoxy) is 3. The van der Waals surface area contributed by atoms with E-state index in [1.165, 1.54) is 6.92 Å². The van der Waals surface area contributed by atoms with Gasteiger partial charge in [0.05, 0.1) is 22.1 Å². The van der Waals surface area contributed by atoms with E-state index in [0.717, 1.165) is 54.6 Å². The minimum Gasteiger partial charge on any atom is -0.508 e. The third kappa shape index (κ3) is 7.43. The predicted molar refractivity (Wildman–Crippen MR) is 128 cm³/mol. The van der Waals surface area contributed by atoms with Crippen LogP contribution in [-0.4, -0.2) is 68.4 Å². The molecule has 12 heteroatoms. The number of esters is 3. The van der Waals surface area contributed by atoms with Crippen LogP contribution in [0.3, 0.4) is 0 Å². The number of phenols is 6. The lowest BCUT2D eigenvalue weighted by atomic mass is 9.94. The second kappa shape index (κ2) is 11.3. The highest BCUT2D eigenvalue weighted by molar-refractivity contribution is 5.91. The van der Waals surface area contributed by atoms with Crippen molar-refractivity contribution in [2.24, 2.45) is 5.41 Å². The number of carbonyl (C=O) groups excluding carboxylic acids is 3. The van der Waals surface area contributed by atoms with Gasteiger partial charge in [0.1, 0.15) is 54.3 Å². The first-order valence-electron chi connectivity index (χ1n) is 10.9. The number of benzene rings is 3. The molecular weight excluding hydrogens is 504 g/mol. The molecule has 0 aliphatic heterocycles. The average Bonchev–Trinajstić information content (AvgIpc) is 2.82. The molecule has 38 heavy (non-hydrogen) atoms. The number of hydrogen-bond acceptors (Lipinski definition) is 12. The highest BCUT2D eigenvalue weighted by atomic mass is 16.6. The zero-order valence-corrected chi connectivity index (χ0v) is 20.0. The van der Waals surface area contributed by atoms with Gasteiger partial charge in [0.15, 0.2) is 0 Å². The number of hydrogen-bond donors (Lipinski definition) is 6. The number of phenolic OH excluding ortho intramolecular Hbond substituents is 6. The summed E-state index contributed by atoms with van der Waals surface area (Å²) in [5.74, 6) is -5.14. The van der Waals surface area contributed by atoms with Crippen molar-refractivity contribution in [1.82, 2.24) is 0 Å². The highest BCUT2D eigenvalue weighted by Crippen LogP contribution is 2.26. The molecule has 200 valence electrons. The summed E-state index contributed by atoms with van der Waals surface area (Å²) in [6, 6.07) is 9.38. The maximum Gasteiger partial charge on any atom is 0.338 e. The van der Waals surface area contributed by atoms with Crippen LogP contribution in [-0.2, 0) is 14.2 Å². The molecule has 0 heterocycles. The van der Waals surface area contributed by atoms with E-state index in [1.807, 2.05) is 0 Å². The molecule has 0 saturated heterocycles. The summed E-state index contributed by atoms with van der Waals surface area (Å²) in [6.45, 7) is 0.0405. The predicted octanol–water partition coefficient (Wildman–Crippen LogP) is 2.80. The zero-order valence-electron chi connectivity index (χ0n) is 20.0. The van der Waals surface area contributed by atoms with Crippen molar-refractivity contribution >= 4 is 17.9 Å². The SMILES string of the molecule is CC(COC(=O)c1cc(O)cc(O)c1)(COC(=O)c1cc(O)cc(O)c1)COC(=O)c1cc(O)cc(O)c1. The van der Waals surface area contributed by atoms with Crippen LogP contribution < -0.4 is 0 Å². The van der Waals surface area contributed by atoms with Crippen LogP contribution in [0.25, 0.3) is 0 Å². The van der Waals surface area contributed by atoms with Gasteiger partial charge in [-0.1, -0.05) is 0 Å². The van der Waals surface area contributed by atoms with E-state index in [4.69, 9.17) is 14.2 Å². The van der Waals surface area contributed by atoms with Crippen molar-refractivity contribution in [3.05, 3.63) is 71.3 Å². The molecule has 0 aliphatic carbocycles. The smallest absolute Gasteiger partial charge is 0.338 e. The minimum atomic E-state index is -1.35. The van der Waals surface area contributed by atoms with E-state index in [0.29, 0.717) is 0 Å². The first-order valence-corrected chi connectivity index (χ1v) is 10.9. The van der Waals surface area contributed by atoms with E-state index < -0.39 is 43.1 Å². The summed E-state index contributed by atoms with van der Waals surface area (Å²) in [5.41, 5.74) is -1.88. The van der Waals surface area contributed by atoms with Crippen LogP contribution in [0.4, 0.5) is 0 Å². The third-order valence-electron chi connectivity index (χ3n) is 5.07. The molecule has 0 bridgehead atoms. The Hall–Kier alpha value is -5.13. The van der Waals surface area contributed by atoms with Gasteiger partial charge in [0.2, 0.25) is 0 Å². The molecule has 0 amide bonds. The van der Waals surface area contributed by atoms with Crippen LogP contribution in [0, 0.1) is 5.41 Å². The van der Waals surface area contributed by atoms with E-state index in [-0.39, 0.29) is 51.2 Å². The largest absolute Gasteiger partial charge is 0.508 e. The Morgan fingerprint density at radius 2 is 0.711 bits per heavy atom. The topological polar surface area (TPSA) is 200 Å². The van der Waals surface area contributed by atoms with Gasteiger partial charge in [-0.3, -0.25) is 0 Å². The Morgan fingerprint density at radius 1 is 0.500 bits per heavy atom. The van der Waals surface area contributed by atoms with Crippen molar-refractivity contribution in [2.45, 2.75) is 6.92 Å². The van der Waals surface area contributed by atoms with Crippen LogP contribution >= 0.6 is 0 Å². The van der Waals surface area contributed by atoms with Gasteiger partial charge < -0.3 is 44.8 Å². The van der Waals surface area contributed by atoms with Gasteiger partial charge in [-0.25, -0.2) is 14.4 Å². The molecule has 0 saturated carbocycles. The minimum absolute atomic E-state index is 0.177. The van der Waals surface area contributed by atoms with Gasteiger partial charge in [-0.05, 0) is 43.3 Å². The summed E-state index contributed by atoms with van der Waals surface area (Å²) in [7, 11) is 0. The highest BCUT2D eigenvalue weighted by Gasteiger charge is 2.32. The summed E-state index contributed by atoms with van der Waals surface area (Å²) in [4.78, 5) is 37.5. The van der Waals surface area contributed by atoms with Crippen molar-refractivity contribution in [2.75, 3.05) is 19.8 Å². The maximum absolute atomic E-state index is 12.5. The van der Waals surface area contributed by atoms with Crippen LogP contribution in [0.1, 0.15) is 38.0 Å². The molecule has 0 fully saturated rings. The fourth-order valence-electron chi connectivity index (χ4n) is 3.23. The molecule has 3 rings (SSSR count). The molecule has 0 aliphatic rings. The molecule has 12 nitrogen and oxygen atoms in total. The fraction of sp³-hybridized carbons (Fsp3) is 0.192. The first kappa shape index (κ1) is 27.5. The summed E-state index contributed by atoms with van der Waals surface area (Å²) < 4.78 is 15.8. The van der Waals surface area contributed by atoms with Crippen LogP contribution in [0.2, 0.25) is 0 Å². The molecule has 6 N–H and O–H groups in total. The lowest BCUT2D eigenvalue weighted by Crippen LogP contribution is -2.37. The molecule has 0 atom stereocenters. The van der Waals surface area contributed by atoms with Gasteiger partial charge in [0, 0.05) is 18.2 Å². The number of carbonyl (C=O) groups is 3.